The number of carbonyl (C=O) groups is 2. The summed E-state index contributed by atoms with van der Waals surface area (Å²) >= 11 is 0. The zero-order valence-electron chi connectivity index (χ0n) is 14.0. The van der Waals surface area contributed by atoms with E-state index in [0.717, 1.165) is 5.56 Å². The molecular formula is C18H24O5. The molecule has 1 N–H and O–H groups in total. The number of hydrogen-bond acceptors (Lipinski definition) is 4. The second-order valence-corrected chi connectivity index (χ2v) is 7.19. The van der Waals surface area contributed by atoms with E-state index in [1.807, 2.05) is 51.1 Å². The number of carboxylic acids is 1. The molecule has 0 radical (unpaired) electrons. The van der Waals surface area contributed by atoms with Crippen molar-refractivity contribution in [3.63, 3.8) is 0 Å². The van der Waals surface area contributed by atoms with Crippen LogP contribution in [0.3, 0.4) is 0 Å². The van der Waals surface area contributed by atoms with E-state index in [4.69, 9.17) is 9.47 Å². The van der Waals surface area contributed by atoms with Crippen LogP contribution in [0.5, 0.6) is 0 Å². The smallest absolute Gasteiger partial charge is 0.338 e. The van der Waals surface area contributed by atoms with Gasteiger partial charge in [-0.25, -0.2) is 4.79 Å². The molecule has 5 heteroatoms. The quantitative estimate of drug-likeness (QED) is 0.644. The normalized spacial score (nSPS) is 24.8. The molecule has 0 amide bonds. The summed E-state index contributed by atoms with van der Waals surface area (Å²) in [5.74, 6) is -1.56. The van der Waals surface area contributed by atoms with Crippen LogP contribution in [0.15, 0.2) is 30.3 Å². The molecule has 1 aliphatic rings. The molecule has 1 aromatic carbocycles. The fourth-order valence-electron chi connectivity index (χ4n) is 2.75. The number of carboxylic acid groups (broad SMARTS) is 1. The number of epoxide rings is 1. The van der Waals surface area contributed by atoms with Crippen LogP contribution in [0.1, 0.15) is 39.7 Å². The lowest BCUT2D eigenvalue weighted by Gasteiger charge is -2.22. The SMILES string of the molecule is CC(C)(C)OC(=O)C[C@@H](Cc1ccccc1)C1OC1(C)C(=O)O. The van der Waals surface area contributed by atoms with Crippen LogP contribution in [-0.4, -0.2) is 34.4 Å². The van der Waals surface area contributed by atoms with Gasteiger partial charge in [0.25, 0.3) is 0 Å². The highest BCUT2D eigenvalue weighted by Crippen LogP contribution is 2.44. The second kappa shape index (κ2) is 6.32. The van der Waals surface area contributed by atoms with Crippen molar-refractivity contribution in [1.82, 2.24) is 0 Å². The van der Waals surface area contributed by atoms with Crippen LogP contribution in [-0.2, 0) is 25.5 Å². The Hall–Kier alpha value is -1.88. The Morgan fingerprint density at radius 2 is 1.91 bits per heavy atom. The van der Waals surface area contributed by atoms with Gasteiger partial charge in [0.1, 0.15) is 11.7 Å². The maximum absolute atomic E-state index is 12.1. The van der Waals surface area contributed by atoms with Crippen LogP contribution in [0.2, 0.25) is 0 Å². The highest BCUT2D eigenvalue weighted by Gasteiger charge is 2.62. The van der Waals surface area contributed by atoms with Crippen molar-refractivity contribution in [2.24, 2.45) is 5.92 Å². The summed E-state index contributed by atoms with van der Waals surface area (Å²) in [5, 5.41) is 9.28. The van der Waals surface area contributed by atoms with Gasteiger partial charge in [0.2, 0.25) is 0 Å². The summed E-state index contributed by atoms with van der Waals surface area (Å²) in [5.41, 5.74) is -0.722. The third-order valence-electron chi connectivity index (χ3n) is 3.90. The molecule has 0 bridgehead atoms. The Morgan fingerprint density at radius 3 is 2.39 bits per heavy atom. The minimum absolute atomic E-state index is 0.139. The van der Waals surface area contributed by atoms with E-state index in [1.54, 1.807) is 6.92 Å². The van der Waals surface area contributed by atoms with E-state index in [1.165, 1.54) is 0 Å². The Kier molecular flexibility index (Phi) is 4.80. The summed E-state index contributed by atoms with van der Waals surface area (Å²) in [4.78, 5) is 23.5. The molecule has 0 saturated carbocycles. The predicted molar refractivity (Wildman–Crippen MR) is 85.0 cm³/mol. The van der Waals surface area contributed by atoms with Gasteiger partial charge >= 0.3 is 11.9 Å². The number of rotatable bonds is 6. The molecule has 0 aliphatic carbocycles. The van der Waals surface area contributed by atoms with Crippen LogP contribution < -0.4 is 0 Å². The van der Waals surface area contributed by atoms with Gasteiger partial charge in [0.05, 0.1) is 6.42 Å². The van der Waals surface area contributed by atoms with Gasteiger partial charge in [-0.05, 0) is 39.7 Å². The lowest BCUT2D eigenvalue weighted by molar-refractivity contribution is -0.156. The number of benzene rings is 1. The van der Waals surface area contributed by atoms with Gasteiger partial charge in [-0.15, -0.1) is 0 Å². The van der Waals surface area contributed by atoms with E-state index in [-0.39, 0.29) is 18.3 Å². The number of hydrogen-bond donors (Lipinski definition) is 1. The number of aliphatic carboxylic acids is 1. The lowest BCUT2D eigenvalue weighted by atomic mass is 9.87. The molecule has 0 spiro atoms. The molecule has 2 rings (SSSR count). The summed E-state index contributed by atoms with van der Waals surface area (Å²) in [6.45, 7) is 6.98. The molecule has 1 heterocycles. The molecule has 1 fully saturated rings. The topological polar surface area (TPSA) is 76.1 Å². The van der Waals surface area contributed by atoms with E-state index in [9.17, 15) is 14.7 Å². The number of ether oxygens (including phenoxy) is 2. The third-order valence-corrected chi connectivity index (χ3v) is 3.90. The van der Waals surface area contributed by atoms with Gasteiger partial charge in [0, 0.05) is 5.92 Å². The Labute approximate surface area is 136 Å². The summed E-state index contributed by atoms with van der Waals surface area (Å²) in [6, 6.07) is 9.68. The highest BCUT2D eigenvalue weighted by molar-refractivity contribution is 5.81. The molecule has 3 atom stereocenters. The van der Waals surface area contributed by atoms with Crippen LogP contribution in [0, 0.1) is 5.92 Å². The molecular weight excluding hydrogens is 296 g/mol. The Balaban J connectivity index is 2.10. The minimum atomic E-state index is -1.21. The Bertz CT molecular complexity index is 575. The lowest BCUT2D eigenvalue weighted by Crippen LogP contribution is -2.31. The first-order valence-corrected chi connectivity index (χ1v) is 7.79. The monoisotopic (exact) mass is 320 g/mol. The maximum atomic E-state index is 12.1. The van der Waals surface area contributed by atoms with Crippen molar-refractivity contribution < 1.29 is 24.2 Å². The zero-order chi connectivity index (χ0) is 17.3. The van der Waals surface area contributed by atoms with Crippen LogP contribution >= 0.6 is 0 Å². The molecule has 0 aromatic heterocycles. The van der Waals surface area contributed by atoms with Gasteiger partial charge in [-0.2, -0.15) is 0 Å². The van der Waals surface area contributed by atoms with Gasteiger partial charge in [-0.3, -0.25) is 4.79 Å². The molecule has 1 aliphatic heterocycles. The average molecular weight is 320 g/mol. The fraction of sp³-hybridized carbons (Fsp3) is 0.556. The van der Waals surface area contributed by atoms with Crippen molar-refractivity contribution in [1.29, 1.82) is 0 Å². The zero-order valence-corrected chi connectivity index (χ0v) is 14.0. The first kappa shape index (κ1) is 17.5. The fourth-order valence-corrected chi connectivity index (χ4v) is 2.75. The van der Waals surface area contributed by atoms with Crippen LogP contribution in [0.25, 0.3) is 0 Å². The number of esters is 1. The van der Waals surface area contributed by atoms with Gasteiger partial charge < -0.3 is 14.6 Å². The van der Waals surface area contributed by atoms with Crippen molar-refractivity contribution in [3.05, 3.63) is 35.9 Å². The predicted octanol–water partition coefficient (Wildman–Crippen LogP) is 2.82. The first-order chi connectivity index (χ1) is 10.6. The molecule has 23 heavy (non-hydrogen) atoms. The number of carbonyl (C=O) groups excluding carboxylic acids is 1. The van der Waals surface area contributed by atoms with E-state index in [0.29, 0.717) is 6.42 Å². The van der Waals surface area contributed by atoms with E-state index >= 15 is 0 Å². The Morgan fingerprint density at radius 1 is 1.30 bits per heavy atom. The second-order valence-electron chi connectivity index (χ2n) is 7.19. The van der Waals surface area contributed by atoms with Crippen molar-refractivity contribution in [3.8, 4) is 0 Å². The molecule has 1 aromatic rings. The van der Waals surface area contributed by atoms with Crippen LogP contribution in [0.4, 0.5) is 0 Å². The van der Waals surface area contributed by atoms with Gasteiger partial charge in [-0.1, -0.05) is 30.3 Å². The first-order valence-electron chi connectivity index (χ1n) is 7.79. The standard InChI is InChI=1S/C18H24O5/c1-17(2,3)22-14(19)11-13(10-12-8-6-5-7-9-12)15-18(4,23-15)16(20)21/h5-9,13,15H,10-11H2,1-4H3,(H,20,21)/t13-,15?,18?/m1/s1. The van der Waals surface area contributed by atoms with Crippen molar-refractivity contribution >= 4 is 11.9 Å². The largest absolute Gasteiger partial charge is 0.479 e. The average Bonchev–Trinajstić information content (AvgIpc) is 3.11. The van der Waals surface area contributed by atoms with E-state index in [2.05, 4.69) is 0 Å². The van der Waals surface area contributed by atoms with Crippen molar-refractivity contribution in [2.45, 2.75) is 57.8 Å². The van der Waals surface area contributed by atoms with E-state index < -0.39 is 23.3 Å². The highest BCUT2D eigenvalue weighted by atomic mass is 16.6. The molecule has 2 unspecified atom stereocenters. The van der Waals surface area contributed by atoms with Crippen molar-refractivity contribution in [2.75, 3.05) is 0 Å². The molecule has 5 nitrogen and oxygen atoms in total. The molecule has 126 valence electrons. The third kappa shape index (κ3) is 4.55. The van der Waals surface area contributed by atoms with Gasteiger partial charge in [0.15, 0.2) is 5.60 Å². The molecule has 1 saturated heterocycles. The summed E-state index contributed by atoms with van der Waals surface area (Å²) < 4.78 is 10.8. The summed E-state index contributed by atoms with van der Waals surface area (Å²) in [7, 11) is 0. The minimum Gasteiger partial charge on any atom is -0.479 e. The maximum Gasteiger partial charge on any atom is 0.338 e. The summed E-state index contributed by atoms with van der Waals surface area (Å²) in [6.07, 6.45) is 0.237.